The third kappa shape index (κ3) is 3.33. The molecule has 5 rings (SSSR count). The van der Waals surface area contributed by atoms with Gasteiger partial charge in [0.1, 0.15) is 5.65 Å². The first-order chi connectivity index (χ1) is 14.7. The molecule has 0 aliphatic carbocycles. The molecule has 5 aromatic rings. The molecule has 1 unspecified atom stereocenters. The van der Waals surface area contributed by atoms with Gasteiger partial charge in [-0.05, 0) is 29.3 Å². The molecular formula is C24H21N5O. The number of nitrogens with zero attached hydrogens (tertiary/aromatic N) is 3. The summed E-state index contributed by atoms with van der Waals surface area (Å²) in [5.41, 5.74) is 5.61. The molecule has 3 heterocycles. The number of amides is 1. The van der Waals surface area contributed by atoms with Crippen LogP contribution in [0, 0.1) is 0 Å². The first-order valence-corrected chi connectivity index (χ1v) is 9.92. The Morgan fingerprint density at radius 3 is 2.77 bits per heavy atom. The SMILES string of the molecule is CC(c1ccccc1)c1ccc2nc(CNC(=O)c3cccc4[nH]ncc34)cn2c1. The number of carbonyl (C=O) groups is 1. The van der Waals surface area contributed by atoms with Crippen molar-refractivity contribution in [3.05, 3.63) is 102 Å². The van der Waals surface area contributed by atoms with E-state index in [1.807, 2.05) is 34.9 Å². The predicted molar refractivity (Wildman–Crippen MR) is 116 cm³/mol. The van der Waals surface area contributed by atoms with Crippen LogP contribution in [0.25, 0.3) is 16.6 Å². The molecule has 0 saturated carbocycles. The van der Waals surface area contributed by atoms with Crippen molar-refractivity contribution in [1.29, 1.82) is 0 Å². The Labute approximate surface area is 173 Å². The van der Waals surface area contributed by atoms with Gasteiger partial charge >= 0.3 is 0 Å². The van der Waals surface area contributed by atoms with Crippen LogP contribution in [-0.4, -0.2) is 25.5 Å². The minimum absolute atomic E-state index is 0.141. The Bertz CT molecular complexity index is 1340. The fourth-order valence-electron chi connectivity index (χ4n) is 3.77. The first-order valence-electron chi connectivity index (χ1n) is 9.92. The highest BCUT2D eigenvalue weighted by atomic mass is 16.1. The summed E-state index contributed by atoms with van der Waals surface area (Å²) in [7, 11) is 0. The van der Waals surface area contributed by atoms with Gasteiger partial charge in [0.15, 0.2) is 0 Å². The largest absolute Gasteiger partial charge is 0.346 e. The summed E-state index contributed by atoms with van der Waals surface area (Å²) in [6.45, 7) is 2.56. The van der Waals surface area contributed by atoms with Crippen molar-refractivity contribution in [2.75, 3.05) is 0 Å². The maximum Gasteiger partial charge on any atom is 0.252 e. The number of carbonyl (C=O) groups excluding carboxylic acids is 1. The molecule has 3 aromatic heterocycles. The van der Waals surface area contributed by atoms with Crippen LogP contribution in [0.15, 0.2) is 79.3 Å². The van der Waals surface area contributed by atoms with Gasteiger partial charge in [-0.1, -0.05) is 49.4 Å². The Balaban J connectivity index is 1.34. The Kier molecular flexibility index (Phi) is 4.52. The van der Waals surface area contributed by atoms with Gasteiger partial charge in [0, 0.05) is 23.7 Å². The van der Waals surface area contributed by atoms with Crippen molar-refractivity contribution in [1.82, 2.24) is 24.9 Å². The average molecular weight is 395 g/mol. The standard InChI is InChI=1S/C24H21N5O/c1-16(17-6-3-2-4-7-17)18-10-11-23-27-19(15-29(23)14-18)12-25-24(30)20-8-5-9-22-21(20)13-26-28-22/h2-11,13-16H,12H2,1H3,(H,25,30)(H,26,28). The summed E-state index contributed by atoms with van der Waals surface area (Å²) in [6.07, 6.45) is 5.75. The lowest BCUT2D eigenvalue weighted by Crippen LogP contribution is -2.23. The van der Waals surface area contributed by atoms with E-state index in [0.717, 1.165) is 22.2 Å². The molecule has 0 saturated heterocycles. The zero-order valence-corrected chi connectivity index (χ0v) is 16.5. The van der Waals surface area contributed by atoms with E-state index in [2.05, 4.69) is 64.0 Å². The minimum atomic E-state index is -0.141. The highest BCUT2D eigenvalue weighted by molar-refractivity contribution is 6.05. The van der Waals surface area contributed by atoms with Gasteiger partial charge in [0.25, 0.3) is 5.91 Å². The van der Waals surface area contributed by atoms with Crippen molar-refractivity contribution in [3.63, 3.8) is 0 Å². The number of fused-ring (bicyclic) bond motifs is 2. The zero-order valence-electron chi connectivity index (χ0n) is 16.5. The normalized spacial score (nSPS) is 12.3. The van der Waals surface area contributed by atoms with E-state index in [1.165, 1.54) is 11.1 Å². The summed E-state index contributed by atoms with van der Waals surface area (Å²) >= 11 is 0. The number of pyridine rings is 1. The van der Waals surface area contributed by atoms with Crippen LogP contribution in [0.4, 0.5) is 0 Å². The minimum Gasteiger partial charge on any atom is -0.346 e. The lowest BCUT2D eigenvalue weighted by atomic mass is 9.94. The molecule has 6 nitrogen and oxygen atoms in total. The van der Waals surface area contributed by atoms with Crippen LogP contribution in [0.3, 0.4) is 0 Å². The number of benzene rings is 2. The molecule has 2 aromatic carbocycles. The van der Waals surface area contributed by atoms with Crippen molar-refractivity contribution in [2.24, 2.45) is 0 Å². The van der Waals surface area contributed by atoms with Gasteiger partial charge in [-0.2, -0.15) is 5.10 Å². The lowest BCUT2D eigenvalue weighted by molar-refractivity contribution is 0.0952. The fraction of sp³-hybridized carbons (Fsp3) is 0.125. The third-order valence-corrected chi connectivity index (χ3v) is 5.48. The Morgan fingerprint density at radius 1 is 1.03 bits per heavy atom. The van der Waals surface area contributed by atoms with E-state index in [1.54, 1.807) is 12.3 Å². The maximum atomic E-state index is 12.7. The molecule has 0 radical (unpaired) electrons. The smallest absolute Gasteiger partial charge is 0.252 e. The highest BCUT2D eigenvalue weighted by Crippen LogP contribution is 2.24. The second-order valence-corrected chi connectivity index (χ2v) is 7.41. The molecule has 0 spiro atoms. The van der Waals surface area contributed by atoms with E-state index in [0.29, 0.717) is 12.1 Å². The molecule has 0 bridgehead atoms. The second-order valence-electron chi connectivity index (χ2n) is 7.41. The summed E-state index contributed by atoms with van der Waals surface area (Å²) in [6, 6.07) is 20.1. The number of hydrogen-bond donors (Lipinski definition) is 2. The molecule has 2 N–H and O–H groups in total. The van der Waals surface area contributed by atoms with Crippen LogP contribution >= 0.6 is 0 Å². The zero-order chi connectivity index (χ0) is 20.5. The number of rotatable bonds is 5. The first kappa shape index (κ1) is 18.1. The van der Waals surface area contributed by atoms with Gasteiger partial charge in [-0.15, -0.1) is 0 Å². The van der Waals surface area contributed by atoms with Crippen molar-refractivity contribution in [3.8, 4) is 0 Å². The molecule has 148 valence electrons. The topological polar surface area (TPSA) is 75.1 Å². The molecule has 0 aliphatic heterocycles. The lowest BCUT2D eigenvalue weighted by Gasteiger charge is -2.12. The molecule has 0 aliphatic rings. The quantitative estimate of drug-likeness (QED) is 0.466. The molecule has 6 heteroatoms. The van der Waals surface area contributed by atoms with Gasteiger partial charge in [0.05, 0.1) is 29.5 Å². The van der Waals surface area contributed by atoms with Crippen LogP contribution in [0.1, 0.15) is 40.0 Å². The maximum absolute atomic E-state index is 12.7. The van der Waals surface area contributed by atoms with E-state index < -0.39 is 0 Å². The highest BCUT2D eigenvalue weighted by Gasteiger charge is 2.13. The van der Waals surface area contributed by atoms with Gasteiger partial charge in [0.2, 0.25) is 0 Å². The number of imidazole rings is 1. The summed E-state index contributed by atoms with van der Waals surface area (Å²) in [4.78, 5) is 17.3. The summed E-state index contributed by atoms with van der Waals surface area (Å²) < 4.78 is 2.02. The average Bonchev–Trinajstić information content (AvgIpc) is 3.43. The molecule has 1 amide bonds. The van der Waals surface area contributed by atoms with Crippen molar-refractivity contribution in [2.45, 2.75) is 19.4 Å². The number of hydrogen-bond acceptors (Lipinski definition) is 3. The van der Waals surface area contributed by atoms with Gasteiger partial charge in [-0.3, -0.25) is 9.89 Å². The van der Waals surface area contributed by atoms with Gasteiger partial charge in [-0.25, -0.2) is 4.98 Å². The molecular weight excluding hydrogens is 374 g/mol. The second kappa shape index (κ2) is 7.48. The monoisotopic (exact) mass is 395 g/mol. The number of H-pyrrole nitrogens is 1. The van der Waals surface area contributed by atoms with Crippen LogP contribution in [0.5, 0.6) is 0 Å². The summed E-state index contributed by atoms with van der Waals surface area (Å²) in [5, 5.41) is 10.7. The number of nitrogens with one attached hydrogen (secondary N) is 2. The van der Waals surface area contributed by atoms with E-state index in [-0.39, 0.29) is 11.8 Å². The van der Waals surface area contributed by atoms with Crippen LogP contribution in [-0.2, 0) is 6.54 Å². The Morgan fingerprint density at radius 2 is 1.90 bits per heavy atom. The van der Waals surface area contributed by atoms with E-state index in [4.69, 9.17) is 0 Å². The van der Waals surface area contributed by atoms with Crippen LogP contribution in [0.2, 0.25) is 0 Å². The van der Waals surface area contributed by atoms with Crippen molar-refractivity contribution < 1.29 is 4.79 Å². The molecule has 0 fully saturated rings. The fourth-order valence-corrected chi connectivity index (χ4v) is 3.77. The Hall–Kier alpha value is -3.93. The number of aromatic amines is 1. The molecule has 1 atom stereocenters. The van der Waals surface area contributed by atoms with Gasteiger partial charge < -0.3 is 9.72 Å². The number of aromatic nitrogens is 4. The van der Waals surface area contributed by atoms with Crippen molar-refractivity contribution >= 4 is 22.5 Å². The summed E-state index contributed by atoms with van der Waals surface area (Å²) in [5.74, 6) is 0.147. The van der Waals surface area contributed by atoms with Crippen LogP contribution < -0.4 is 5.32 Å². The molecule has 30 heavy (non-hydrogen) atoms. The third-order valence-electron chi connectivity index (χ3n) is 5.48. The van der Waals surface area contributed by atoms with E-state index in [9.17, 15) is 4.79 Å². The van der Waals surface area contributed by atoms with E-state index >= 15 is 0 Å². The predicted octanol–water partition coefficient (Wildman–Crippen LogP) is 4.29.